The van der Waals surface area contributed by atoms with Gasteiger partial charge in [-0.3, -0.25) is 0 Å². The minimum atomic E-state index is -3.21. The first-order valence-electron chi connectivity index (χ1n) is 9.32. The lowest BCUT2D eigenvalue weighted by Crippen LogP contribution is -2.34. The van der Waals surface area contributed by atoms with Gasteiger partial charge in [-0.15, -0.1) is 0 Å². The number of aromatic nitrogens is 2. The molecule has 0 spiro atoms. The zero-order valence-corrected chi connectivity index (χ0v) is 17.0. The molecule has 8 heteroatoms. The molecule has 2 N–H and O–H groups in total. The molecule has 29 heavy (non-hydrogen) atoms. The number of nitrogens with one attached hydrogen (secondary N) is 2. The van der Waals surface area contributed by atoms with Crippen LogP contribution in [0.3, 0.4) is 0 Å². The van der Waals surface area contributed by atoms with Gasteiger partial charge >= 0.3 is 0 Å². The van der Waals surface area contributed by atoms with E-state index in [0.717, 1.165) is 35.1 Å². The van der Waals surface area contributed by atoms with Gasteiger partial charge in [0.2, 0.25) is 10.0 Å². The number of allylic oxidation sites excluding steroid dienone is 1. The summed E-state index contributed by atoms with van der Waals surface area (Å²) in [7, 11) is -1.65. The molecule has 1 aliphatic carbocycles. The number of halogens is 1. The van der Waals surface area contributed by atoms with E-state index >= 15 is 0 Å². The SMILES string of the molecule is COc1ccc(F)cc1-c1ccnc2[nH]c(C3=CCC(NS(C)(=O)=O)CC3)cc12. The molecule has 0 saturated carbocycles. The van der Waals surface area contributed by atoms with Crippen LogP contribution in [0, 0.1) is 5.82 Å². The maximum atomic E-state index is 13.9. The van der Waals surface area contributed by atoms with Crippen LogP contribution in [-0.4, -0.2) is 37.8 Å². The fourth-order valence-corrected chi connectivity index (χ4v) is 4.63. The maximum absolute atomic E-state index is 13.9. The van der Waals surface area contributed by atoms with Crippen LogP contribution in [0.25, 0.3) is 27.7 Å². The Morgan fingerprint density at radius 2 is 2.07 bits per heavy atom. The number of pyridine rings is 1. The first-order valence-corrected chi connectivity index (χ1v) is 11.2. The van der Waals surface area contributed by atoms with E-state index in [4.69, 9.17) is 4.74 Å². The second-order valence-electron chi connectivity index (χ2n) is 7.24. The zero-order valence-electron chi connectivity index (χ0n) is 16.2. The highest BCUT2D eigenvalue weighted by Crippen LogP contribution is 2.37. The van der Waals surface area contributed by atoms with Crippen LogP contribution in [0.4, 0.5) is 4.39 Å². The Bertz CT molecular complexity index is 1200. The van der Waals surface area contributed by atoms with Gasteiger partial charge in [0.25, 0.3) is 0 Å². The predicted octanol–water partition coefficient (Wildman–Crippen LogP) is 3.86. The fraction of sp³-hybridized carbons (Fsp3) is 0.286. The molecule has 4 rings (SSSR count). The Hall–Kier alpha value is -2.71. The molecule has 1 atom stereocenters. The minimum Gasteiger partial charge on any atom is -0.496 e. The van der Waals surface area contributed by atoms with Crippen LogP contribution in [0.5, 0.6) is 5.75 Å². The third-order valence-corrected chi connectivity index (χ3v) is 5.88. The fourth-order valence-electron chi connectivity index (χ4n) is 3.81. The van der Waals surface area contributed by atoms with Crippen molar-refractivity contribution in [2.45, 2.75) is 25.3 Å². The molecule has 6 nitrogen and oxygen atoms in total. The van der Waals surface area contributed by atoms with Crippen LogP contribution in [0.15, 0.2) is 42.6 Å². The van der Waals surface area contributed by atoms with Crippen molar-refractivity contribution in [2.24, 2.45) is 0 Å². The summed E-state index contributed by atoms with van der Waals surface area (Å²) in [6.07, 6.45) is 7.03. The Kier molecular flexibility index (Phi) is 5.14. The first kappa shape index (κ1) is 19.6. The molecule has 152 valence electrons. The van der Waals surface area contributed by atoms with Crippen LogP contribution >= 0.6 is 0 Å². The van der Waals surface area contributed by atoms with Gasteiger partial charge in [-0.05, 0) is 60.7 Å². The van der Waals surface area contributed by atoms with Gasteiger partial charge in [-0.25, -0.2) is 22.5 Å². The number of ether oxygens (including phenoxy) is 1. The summed E-state index contributed by atoms with van der Waals surface area (Å²) in [6, 6.07) is 8.22. The van der Waals surface area contributed by atoms with Gasteiger partial charge in [-0.2, -0.15) is 0 Å². The van der Waals surface area contributed by atoms with E-state index in [0.29, 0.717) is 23.4 Å². The first-order chi connectivity index (χ1) is 13.8. The Morgan fingerprint density at radius 3 is 2.76 bits per heavy atom. The van der Waals surface area contributed by atoms with Gasteiger partial charge in [0.05, 0.1) is 13.4 Å². The molecule has 0 radical (unpaired) electrons. The predicted molar refractivity (Wildman–Crippen MR) is 112 cm³/mol. The standard InChI is InChI=1S/C21H22FN3O3S/c1-28-20-8-5-14(22)11-17(20)16-9-10-23-21-18(16)12-19(24-21)13-3-6-15(7-4-13)25-29(2,26)27/h3,5,8-12,15,25H,4,6-7H2,1-2H3,(H,23,24). The lowest BCUT2D eigenvalue weighted by atomic mass is 9.93. The average Bonchev–Trinajstić information content (AvgIpc) is 3.11. The molecule has 1 aliphatic rings. The second-order valence-corrected chi connectivity index (χ2v) is 9.02. The number of aromatic amines is 1. The lowest BCUT2D eigenvalue weighted by Gasteiger charge is -2.21. The van der Waals surface area contributed by atoms with E-state index < -0.39 is 10.0 Å². The summed E-state index contributed by atoms with van der Waals surface area (Å²) in [5.41, 5.74) is 4.27. The van der Waals surface area contributed by atoms with Crippen molar-refractivity contribution in [3.8, 4) is 16.9 Å². The van der Waals surface area contributed by atoms with Crippen LogP contribution in [0.2, 0.25) is 0 Å². The molecule has 2 aromatic heterocycles. The number of rotatable bonds is 5. The summed E-state index contributed by atoms with van der Waals surface area (Å²) < 4.78 is 44.8. The molecule has 2 heterocycles. The molecule has 0 amide bonds. The quantitative estimate of drug-likeness (QED) is 0.663. The smallest absolute Gasteiger partial charge is 0.208 e. The van der Waals surface area contributed by atoms with Gasteiger partial charge < -0.3 is 9.72 Å². The number of nitrogens with zero attached hydrogens (tertiary/aromatic N) is 1. The van der Waals surface area contributed by atoms with Crippen molar-refractivity contribution >= 4 is 26.6 Å². The van der Waals surface area contributed by atoms with Crippen molar-refractivity contribution in [3.63, 3.8) is 0 Å². The molecular formula is C21H22FN3O3S. The minimum absolute atomic E-state index is 0.0802. The van der Waals surface area contributed by atoms with Crippen LogP contribution in [-0.2, 0) is 10.0 Å². The number of H-pyrrole nitrogens is 1. The third kappa shape index (κ3) is 4.18. The highest BCUT2D eigenvalue weighted by Gasteiger charge is 2.20. The highest BCUT2D eigenvalue weighted by atomic mass is 32.2. The van der Waals surface area contributed by atoms with E-state index in [1.807, 2.05) is 12.1 Å². The van der Waals surface area contributed by atoms with Gasteiger partial charge in [0.15, 0.2) is 0 Å². The van der Waals surface area contributed by atoms with Gasteiger partial charge in [0.1, 0.15) is 17.2 Å². The molecule has 1 aromatic carbocycles. The largest absolute Gasteiger partial charge is 0.496 e. The molecule has 1 unspecified atom stereocenters. The number of fused-ring (bicyclic) bond motifs is 1. The Labute approximate surface area is 168 Å². The van der Waals surface area contributed by atoms with E-state index in [1.165, 1.54) is 18.4 Å². The van der Waals surface area contributed by atoms with E-state index in [9.17, 15) is 12.8 Å². The maximum Gasteiger partial charge on any atom is 0.208 e. The zero-order chi connectivity index (χ0) is 20.6. The van der Waals surface area contributed by atoms with Gasteiger partial charge in [-0.1, -0.05) is 6.08 Å². The average molecular weight is 415 g/mol. The number of methoxy groups -OCH3 is 1. The van der Waals surface area contributed by atoms with Crippen LogP contribution in [0.1, 0.15) is 25.0 Å². The molecule has 0 fully saturated rings. The summed E-state index contributed by atoms with van der Waals surface area (Å²) in [5, 5.41) is 0.878. The van der Waals surface area contributed by atoms with Crippen molar-refractivity contribution in [1.29, 1.82) is 0 Å². The number of hydrogen-bond donors (Lipinski definition) is 2. The number of hydrogen-bond acceptors (Lipinski definition) is 4. The van der Waals surface area contributed by atoms with Gasteiger partial charge in [0, 0.05) is 28.9 Å². The summed E-state index contributed by atoms with van der Waals surface area (Å²) >= 11 is 0. The van der Waals surface area contributed by atoms with E-state index in [1.54, 1.807) is 19.4 Å². The van der Waals surface area contributed by atoms with Crippen molar-refractivity contribution < 1.29 is 17.5 Å². The summed E-state index contributed by atoms with van der Waals surface area (Å²) in [4.78, 5) is 7.75. The monoisotopic (exact) mass is 415 g/mol. The van der Waals surface area contributed by atoms with Crippen molar-refractivity contribution in [2.75, 3.05) is 13.4 Å². The Morgan fingerprint density at radius 1 is 1.24 bits per heavy atom. The summed E-state index contributed by atoms with van der Waals surface area (Å²) in [5.74, 6) is 0.258. The van der Waals surface area contributed by atoms with Crippen molar-refractivity contribution in [3.05, 3.63) is 54.1 Å². The normalized spacial score (nSPS) is 17.3. The number of benzene rings is 1. The highest BCUT2D eigenvalue weighted by molar-refractivity contribution is 7.88. The van der Waals surface area contributed by atoms with E-state index in [2.05, 4.69) is 20.8 Å². The van der Waals surface area contributed by atoms with Crippen molar-refractivity contribution in [1.82, 2.24) is 14.7 Å². The topological polar surface area (TPSA) is 84.1 Å². The number of sulfonamides is 1. The molecule has 0 bridgehead atoms. The molecule has 3 aromatic rings. The third-order valence-electron chi connectivity index (χ3n) is 5.12. The lowest BCUT2D eigenvalue weighted by molar-refractivity contribution is 0.415. The molecular weight excluding hydrogens is 393 g/mol. The molecule has 0 saturated heterocycles. The van der Waals surface area contributed by atoms with E-state index in [-0.39, 0.29) is 11.9 Å². The van der Waals surface area contributed by atoms with Crippen LogP contribution < -0.4 is 9.46 Å². The molecule has 0 aliphatic heterocycles. The second kappa shape index (κ2) is 7.61. The summed E-state index contributed by atoms with van der Waals surface area (Å²) in [6.45, 7) is 0. The Balaban J connectivity index is 1.70.